The van der Waals surface area contributed by atoms with Gasteiger partial charge < -0.3 is 10.1 Å². The Kier molecular flexibility index (Phi) is 6.48. The monoisotopic (exact) mass is 393 g/mol. The van der Waals surface area contributed by atoms with Gasteiger partial charge in [-0.25, -0.2) is 0 Å². The smallest absolute Gasteiger partial charge is 0.288 e. The van der Waals surface area contributed by atoms with Crippen LogP contribution in [0.4, 0.5) is 11.4 Å². The molecule has 0 spiro atoms. The van der Waals surface area contributed by atoms with Crippen molar-refractivity contribution in [2.24, 2.45) is 0 Å². The van der Waals surface area contributed by atoms with E-state index in [9.17, 15) is 14.9 Å². The van der Waals surface area contributed by atoms with Crippen molar-refractivity contribution in [1.29, 1.82) is 0 Å². The maximum Gasteiger partial charge on any atom is 0.288 e. The first-order chi connectivity index (χ1) is 12.3. The minimum Gasteiger partial charge on any atom is -0.494 e. The molecule has 0 fully saturated rings. The molecule has 0 unspecified atom stereocenters. The summed E-state index contributed by atoms with van der Waals surface area (Å²) >= 11 is 11.0. The van der Waals surface area contributed by atoms with Gasteiger partial charge in [0.2, 0.25) is 0 Å². The number of nitro benzene ring substituents is 1. The topological polar surface area (TPSA) is 93.5 Å². The molecule has 9 heteroatoms. The average molecular weight is 394 g/mol. The second kappa shape index (κ2) is 8.59. The Balaban J connectivity index is 2.05. The van der Waals surface area contributed by atoms with Gasteiger partial charge in [-0.05, 0) is 62.0 Å². The van der Waals surface area contributed by atoms with Crippen molar-refractivity contribution >= 4 is 46.2 Å². The van der Waals surface area contributed by atoms with Gasteiger partial charge in [0.25, 0.3) is 11.6 Å². The number of ether oxygens (including phenoxy) is 1. The lowest BCUT2D eigenvalue weighted by Crippen LogP contribution is -2.34. The molecule has 0 radical (unpaired) electrons. The Morgan fingerprint density at radius 2 is 1.96 bits per heavy atom. The molecule has 0 aliphatic heterocycles. The number of rotatable bonds is 5. The lowest BCUT2D eigenvalue weighted by Gasteiger charge is -2.12. The first-order valence-electron chi connectivity index (χ1n) is 7.61. The van der Waals surface area contributed by atoms with E-state index in [0.29, 0.717) is 29.2 Å². The van der Waals surface area contributed by atoms with Crippen LogP contribution in [0, 0.1) is 17.0 Å². The van der Waals surface area contributed by atoms with Gasteiger partial charge in [0, 0.05) is 17.3 Å². The number of aryl methyl sites for hydroxylation is 1. The van der Waals surface area contributed by atoms with Gasteiger partial charge in [-0.15, -0.1) is 0 Å². The van der Waals surface area contributed by atoms with Gasteiger partial charge in [-0.3, -0.25) is 20.2 Å². The largest absolute Gasteiger partial charge is 0.494 e. The lowest BCUT2D eigenvalue weighted by molar-refractivity contribution is -0.384. The van der Waals surface area contributed by atoms with Crippen LogP contribution in [0.15, 0.2) is 36.4 Å². The summed E-state index contributed by atoms with van der Waals surface area (Å²) in [4.78, 5) is 22.5. The van der Waals surface area contributed by atoms with Crippen molar-refractivity contribution < 1.29 is 14.5 Å². The maximum absolute atomic E-state index is 12.2. The number of nitro groups is 1. The number of hydrogen-bond donors (Lipinski definition) is 2. The number of carbonyl (C=O) groups excluding carboxylic acids is 1. The van der Waals surface area contributed by atoms with Crippen LogP contribution in [-0.4, -0.2) is 22.5 Å². The van der Waals surface area contributed by atoms with E-state index in [2.05, 4.69) is 10.6 Å². The van der Waals surface area contributed by atoms with Crippen LogP contribution >= 0.6 is 23.8 Å². The van der Waals surface area contributed by atoms with Crippen molar-refractivity contribution in [3.63, 3.8) is 0 Å². The highest BCUT2D eigenvalue weighted by molar-refractivity contribution is 7.80. The number of carbonyl (C=O) groups is 1. The highest BCUT2D eigenvalue weighted by Gasteiger charge is 2.16. The molecule has 0 atom stereocenters. The summed E-state index contributed by atoms with van der Waals surface area (Å²) in [6.07, 6.45) is 0. The Hall–Kier alpha value is -2.71. The highest BCUT2D eigenvalue weighted by Crippen LogP contribution is 2.30. The molecule has 0 aliphatic rings. The molecule has 0 bridgehead atoms. The van der Waals surface area contributed by atoms with Crippen molar-refractivity contribution in [2.45, 2.75) is 13.8 Å². The number of benzene rings is 2. The van der Waals surface area contributed by atoms with Gasteiger partial charge in [0.15, 0.2) is 5.11 Å². The third kappa shape index (κ3) is 4.90. The minimum atomic E-state index is -0.564. The summed E-state index contributed by atoms with van der Waals surface area (Å²) in [6.45, 7) is 4.08. The fourth-order valence-electron chi connectivity index (χ4n) is 2.14. The third-order valence-electron chi connectivity index (χ3n) is 3.39. The predicted octanol–water partition coefficient (Wildman–Crippen LogP) is 4.08. The van der Waals surface area contributed by atoms with Crippen LogP contribution < -0.4 is 15.4 Å². The molecule has 7 nitrogen and oxygen atoms in total. The van der Waals surface area contributed by atoms with E-state index < -0.39 is 10.8 Å². The van der Waals surface area contributed by atoms with Gasteiger partial charge in [-0.2, -0.15) is 0 Å². The van der Waals surface area contributed by atoms with Gasteiger partial charge in [0.1, 0.15) is 10.8 Å². The summed E-state index contributed by atoms with van der Waals surface area (Å²) in [6, 6.07) is 9.35. The van der Waals surface area contributed by atoms with Crippen LogP contribution in [0.2, 0.25) is 5.02 Å². The molecule has 2 rings (SSSR count). The second-order valence-electron chi connectivity index (χ2n) is 5.24. The van der Waals surface area contributed by atoms with Crippen LogP contribution in [-0.2, 0) is 0 Å². The minimum absolute atomic E-state index is 0.0243. The van der Waals surface area contributed by atoms with Crippen molar-refractivity contribution in [2.75, 3.05) is 11.9 Å². The second-order valence-corrected chi connectivity index (χ2v) is 6.06. The number of thiocarbonyl (C=S) groups is 1. The number of hydrogen-bond acceptors (Lipinski definition) is 5. The number of nitrogens with one attached hydrogen (secondary N) is 2. The van der Waals surface area contributed by atoms with E-state index >= 15 is 0 Å². The molecule has 26 heavy (non-hydrogen) atoms. The average Bonchev–Trinajstić information content (AvgIpc) is 2.58. The van der Waals surface area contributed by atoms with Crippen LogP contribution in [0.25, 0.3) is 0 Å². The molecule has 136 valence electrons. The Morgan fingerprint density at radius 3 is 2.54 bits per heavy atom. The number of nitrogens with zero attached hydrogens (tertiary/aromatic N) is 1. The summed E-state index contributed by atoms with van der Waals surface area (Å²) in [5.74, 6) is 0.275. The standard InChI is InChI=1S/C17H16ClN3O4S/c1-3-25-12-6-4-11(5-7-12)16(22)20-17(26)19-14-9-13(18)15(21(23)24)8-10(14)2/h4-9H,3H2,1-2H3,(H2,19,20,22,26). The van der Waals surface area contributed by atoms with Gasteiger partial charge in [0.05, 0.1) is 11.5 Å². The van der Waals surface area contributed by atoms with Crippen LogP contribution in [0.5, 0.6) is 5.75 Å². The van der Waals surface area contributed by atoms with E-state index in [4.69, 9.17) is 28.6 Å². The molecule has 0 heterocycles. The molecule has 2 aromatic carbocycles. The van der Waals surface area contributed by atoms with Gasteiger partial charge >= 0.3 is 0 Å². The van der Waals surface area contributed by atoms with E-state index in [1.54, 1.807) is 31.2 Å². The molecule has 0 saturated heterocycles. The maximum atomic E-state index is 12.2. The molecular weight excluding hydrogens is 378 g/mol. The highest BCUT2D eigenvalue weighted by atomic mass is 35.5. The molecule has 1 amide bonds. The number of amides is 1. The number of halogens is 1. The molecule has 0 aliphatic carbocycles. The molecule has 0 aromatic heterocycles. The zero-order valence-electron chi connectivity index (χ0n) is 14.0. The van der Waals surface area contributed by atoms with E-state index in [1.807, 2.05) is 6.92 Å². The summed E-state index contributed by atoms with van der Waals surface area (Å²) in [5.41, 5.74) is 1.26. The SMILES string of the molecule is CCOc1ccc(C(=O)NC(=S)Nc2cc(Cl)c([N+](=O)[O-])cc2C)cc1. The zero-order chi connectivity index (χ0) is 19.3. The van der Waals surface area contributed by atoms with Crippen LogP contribution in [0.1, 0.15) is 22.8 Å². The van der Waals surface area contributed by atoms with Crippen molar-refractivity contribution in [3.8, 4) is 5.75 Å². The van der Waals surface area contributed by atoms with E-state index in [0.717, 1.165) is 0 Å². The zero-order valence-corrected chi connectivity index (χ0v) is 15.6. The summed E-state index contributed by atoms with van der Waals surface area (Å²) in [5, 5.41) is 16.3. The number of anilines is 1. The molecular formula is C17H16ClN3O4S. The van der Waals surface area contributed by atoms with E-state index in [-0.39, 0.29) is 15.8 Å². The molecule has 0 saturated carbocycles. The first-order valence-corrected chi connectivity index (χ1v) is 8.40. The van der Waals surface area contributed by atoms with Crippen molar-refractivity contribution in [3.05, 3.63) is 62.7 Å². The van der Waals surface area contributed by atoms with Gasteiger partial charge in [-0.1, -0.05) is 11.6 Å². The third-order valence-corrected chi connectivity index (χ3v) is 3.90. The quantitative estimate of drug-likeness (QED) is 0.451. The fraction of sp³-hybridized carbons (Fsp3) is 0.176. The normalized spacial score (nSPS) is 10.1. The first kappa shape index (κ1) is 19.6. The molecule has 2 aromatic rings. The Morgan fingerprint density at radius 1 is 1.31 bits per heavy atom. The predicted molar refractivity (Wildman–Crippen MR) is 104 cm³/mol. The van der Waals surface area contributed by atoms with Crippen LogP contribution in [0.3, 0.4) is 0 Å². The lowest BCUT2D eigenvalue weighted by atomic mass is 10.2. The summed E-state index contributed by atoms with van der Waals surface area (Å²) in [7, 11) is 0. The van der Waals surface area contributed by atoms with Crippen molar-refractivity contribution in [1.82, 2.24) is 5.32 Å². The fourth-order valence-corrected chi connectivity index (χ4v) is 2.57. The summed E-state index contributed by atoms with van der Waals surface area (Å²) < 4.78 is 5.32. The molecule has 2 N–H and O–H groups in total. The Labute approximate surface area is 160 Å². The van der Waals surface area contributed by atoms with E-state index in [1.165, 1.54) is 12.1 Å². The Bertz CT molecular complexity index is 856.